The summed E-state index contributed by atoms with van der Waals surface area (Å²) in [5.41, 5.74) is 1.55. The van der Waals surface area contributed by atoms with Crippen LogP contribution >= 0.6 is 0 Å². The van der Waals surface area contributed by atoms with Crippen molar-refractivity contribution in [2.75, 3.05) is 7.11 Å². The highest BCUT2D eigenvalue weighted by molar-refractivity contribution is 5.67. The minimum Gasteiger partial charge on any atom is -0.497 e. The maximum atomic E-state index is 13.6. The fourth-order valence-electron chi connectivity index (χ4n) is 1.63. The van der Waals surface area contributed by atoms with Gasteiger partial charge in [0.1, 0.15) is 11.6 Å². The average molecular weight is 227 g/mol. The minimum atomic E-state index is -0.315. The van der Waals surface area contributed by atoms with Crippen LogP contribution in [-0.2, 0) is 0 Å². The van der Waals surface area contributed by atoms with E-state index in [0.717, 1.165) is 0 Å². The van der Waals surface area contributed by atoms with Crippen LogP contribution in [0.25, 0.3) is 11.1 Å². The summed E-state index contributed by atoms with van der Waals surface area (Å²) in [5.74, 6) is 0.229. The van der Waals surface area contributed by atoms with Crippen molar-refractivity contribution in [2.45, 2.75) is 0 Å². The first kappa shape index (κ1) is 11.2. The molecular weight excluding hydrogens is 217 g/mol. The van der Waals surface area contributed by atoms with Crippen LogP contribution in [-0.4, -0.2) is 7.11 Å². The second-order valence-electron chi connectivity index (χ2n) is 3.54. The first-order valence-corrected chi connectivity index (χ1v) is 5.08. The summed E-state index contributed by atoms with van der Waals surface area (Å²) in [4.78, 5) is 0. The van der Waals surface area contributed by atoms with Crippen molar-refractivity contribution in [3.63, 3.8) is 0 Å². The minimum absolute atomic E-state index is 0.315. The topological polar surface area (TPSA) is 33.0 Å². The van der Waals surface area contributed by atoms with E-state index in [-0.39, 0.29) is 5.82 Å². The van der Waals surface area contributed by atoms with Crippen molar-refractivity contribution in [2.24, 2.45) is 0 Å². The molecule has 0 heterocycles. The van der Waals surface area contributed by atoms with Crippen LogP contribution in [0.3, 0.4) is 0 Å². The molecule has 0 aliphatic heterocycles. The molecule has 3 heteroatoms. The van der Waals surface area contributed by atoms with E-state index in [2.05, 4.69) is 0 Å². The second kappa shape index (κ2) is 4.67. The van der Waals surface area contributed by atoms with Gasteiger partial charge in [-0.15, -0.1) is 0 Å². The zero-order chi connectivity index (χ0) is 12.3. The molecule has 2 aromatic carbocycles. The molecule has 84 valence electrons. The van der Waals surface area contributed by atoms with Gasteiger partial charge in [-0.2, -0.15) is 5.26 Å². The first-order valence-electron chi connectivity index (χ1n) is 5.08. The predicted molar refractivity (Wildman–Crippen MR) is 63.1 cm³/mol. The summed E-state index contributed by atoms with van der Waals surface area (Å²) in [7, 11) is 1.52. The third kappa shape index (κ3) is 2.26. The fraction of sp³-hybridized carbons (Fsp3) is 0.0714. The number of hydrogen-bond donors (Lipinski definition) is 0. The second-order valence-corrected chi connectivity index (χ2v) is 3.54. The van der Waals surface area contributed by atoms with Crippen LogP contribution in [0.5, 0.6) is 5.75 Å². The van der Waals surface area contributed by atoms with Gasteiger partial charge in [-0.05, 0) is 29.8 Å². The van der Waals surface area contributed by atoms with E-state index in [1.807, 2.05) is 6.07 Å². The molecule has 0 N–H and O–H groups in total. The molecule has 0 fully saturated rings. The van der Waals surface area contributed by atoms with Gasteiger partial charge in [0.15, 0.2) is 0 Å². The summed E-state index contributed by atoms with van der Waals surface area (Å²) < 4.78 is 18.7. The van der Waals surface area contributed by atoms with Crippen molar-refractivity contribution in [1.29, 1.82) is 5.26 Å². The predicted octanol–water partition coefficient (Wildman–Crippen LogP) is 3.37. The summed E-state index contributed by atoms with van der Waals surface area (Å²) in [6, 6.07) is 13.4. The summed E-state index contributed by atoms with van der Waals surface area (Å²) in [6.07, 6.45) is 0. The molecule has 0 bridgehead atoms. The van der Waals surface area contributed by atoms with Crippen molar-refractivity contribution in [3.8, 4) is 22.9 Å². The van der Waals surface area contributed by atoms with Gasteiger partial charge in [-0.3, -0.25) is 0 Å². The fourth-order valence-corrected chi connectivity index (χ4v) is 1.63. The molecule has 17 heavy (non-hydrogen) atoms. The Kier molecular flexibility index (Phi) is 3.06. The van der Waals surface area contributed by atoms with E-state index in [0.29, 0.717) is 22.4 Å². The van der Waals surface area contributed by atoms with Crippen molar-refractivity contribution < 1.29 is 9.13 Å². The van der Waals surface area contributed by atoms with Gasteiger partial charge in [0.2, 0.25) is 0 Å². The average Bonchev–Trinajstić information content (AvgIpc) is 2.38. The summed E-state index contributed by atoms with van der Waals surface area (Å²) in [6.45, 7) is 0. The highest BCUT2D eigenvalue weighted by atomic mass is 19.1. The normalized spacial score (nSPS) is 9.71. The molecule has 0 spiro atoms. The molecule has 2 nitrogen and oxygen atoms in total. The molecule has 0 saturated heterocycles. The number of benzene rings is 2. The quantitative estimate of drug-likeness (QED) is 0.788. The molecule has 0 saturated carbocycles. The third-order valence-electron chi connectivity index (χ3n) is 2.46. The van der Waals surface area contributed by atoms with E-state index in [4.69, 9.17) is 10.00 Å². The maximum Gasteiger partial charge on any atom is 0.131 e. The van der Waals surface area contributed by atoms with Gasteiger partial charge in [0, 0.05) is 5.56 Å². The standard InChI is InChI=1S/C14H10FNO/c1-17-12-7-10(9-16)6-11(8-12)13-4-2-3-5-14(13)15/h2-8H,1H3. The molecule has 0 aliphatic carbocycles. The Morgan fingerprint density at radius 2 is 1.94 bits per heavy atom. The maximum absolute atomic E-state index is 13.6. The van der Waals surface area contributed by atoms with Crippen molar-refractivity contribution in [3.05, 3.63) is 53.8 Å². The number of halogens is 1. The Morgan fingerprint density at radius 1 is 1.18 bits per heavy atom. The van der Waals surface area contributed by atoms with E-state index in [1.54, 1.807) is 36.4 Å². The van der Waals surface area contributed by atoms with Gasteiger partial charge in [0.25, 0.3) is 0 Å². The first-order chi connectivity index (χ1) is 8.24. The smallest absolute Gasteiger partial charge is 0.131 e. The number of rotatable bonds is 2. The highest BCUT2D eigenvalue weighted by Crippen LogP contribution is 2.27. The molecule has 0 aliphatic rings. The largest absolute Gasteiger partial charge is 0.497 e. The molecule has 0 amide bonds. The Bertz CT molecular complexity index is 587. The SMILES string of the molecule is COc1cc(C#N)cc(-c2ccccc2F)c1. The lowest BCUT2D eigenvalue weighted by atomic mass is 10.0. The van der Waals surface area contributed by atoms with Crippen LogP contribution in [0.15, 0.2) is 42.5 Å². The number of ether oxygens (including phenoxy) is 1. The number of hydrogen-bond acceptors (Lipinski definition) is 2. The van der Waals surface area contributed by atoms with Gasteiger partial charge in [-0.25, -0.2) is 4.39 Å². The summed E-state index contributed by atoms with van der Waals surface area (Å²) >= 11 is 0. The molecule has 0 aromatic heterocycles. The van der Waals surface area contributed by atoms with E-state index >= 15 is 0 Å². The van der Waals surface area contributed by atoms with Crippen molar-refractivity contribution >= 4 is 0 Å². The zero-order valence-corrected chi connectivity index (χ0v) is 9.27. The monoisotopic (exact) mass is 227 g/mol. The molecule has 0 radical (unpaired) electrons. The number of nitriles is 1. The van der Waals surface area contributed by atoms with Crippen LogP contribution in [0.2, 0.25) is 0 Å². The van der Waals surface area contributed by atoms with Crippen LogP contribution in [0, 0.1) is 17.1 Å². The highest BCUT2D eigenvalue weighted by Gasteiger charge is 2.07. The van der Waals surface area contributed by atoms with Crippen LogP contribution in [0.1, 0.15) is 5.56 Å². The number of methoxy groups -OCH3 is 1. The number of nitrogens with zero attached hydrogens (tertiary/aromatic N) is 1. The van der Waals surface area contributed by atoms with Crippen molar-refractivity contribution in [1.82, 2.24) is 0 Å². The molecule has 0 unspecified atom stereocenters. The Balaban J connectivity index is 2.60. The van der Waals surface area contributed by atoms with E-state index in [1.165, 1.54) is 13.2 Å². The van der Waals surface area contributed by atoms with Gasteiger partial charge < -0.3 is 4.74 Å². The molecular formula is C14H10FNO. The lowest BCUT2D eigenvalue weighted by Gasteiger charge is -2.06. The Labute approximate surface area is 98.9 Å². The summed E-state index contributed by atoms with van der Waals surface area (Å²) in [5, 5.41) is 8.90. The molecule has 2 rings (SSSR count). The third-order valence-corrected chi connectivity index (χ3v) is 2.46. The zero-order valence-electron chi connectivity index (χ0n) is 9.27. The van der Waals surface area contributed by atoms with Gasteiger partial charge >= 0.3 is 0 Å². The van der Waals surface area contributed by atoms with Gasteiger partial charge in [0.05, 0.1) is 18.7 Å². The van der Waals surface area contributed by atoms with Crippen LogP contribution in [0.4, 0.5) is 4.39 Å². The Hall–Kier alpha value is -2.34. The van der Waals surface area contributed by atoms with E-state index < -0.39 is 0 Å². The molecule has 0 atom stereocenters. The molecule has 2 aromatic rings. The lowest BCUT2D eigenvalue weighted by Crippen LogP contribution is -1.89. The van der Waals surface area contributed by atoms with Gasteiger partial charge in [-0.1, -0.05) is 18.2 Å². The van der Waals surface area contributed by atoms with Crippen LogP contribution < -0.4 is 4.74 Å². The Morgan fingerprint density at radius 3 is 2.59 bits per heavy atom. The van der Waals surface area contributed by atoms with E-state index in [9.17, 15) is 4.39 Å². The lowest BCUT2D eigenvalue weighted by molar-refractivity contribution is 0.415.